The van der Waals surface area contributed by atoms with E-state index in [9.17, 15) is 0 Å². The lowest BCUT2D eigenvalue weighted by Gasteiger charge is -2.06. The molecule has 0 saturated heterocycles. The van der Waals surface area contributed by atoms with Gasteiger partial charge in [0.2, 0.25) is 0 Å². The van der Waals surface area contributed by atoms with Crippen LogP contribution in [0.4, 0.5) is 0 Å². The molecule has 1 unspecified atom stereocenters. The van der Waals surface area contributed by atoms with Gasteiger partial charge in [0.15, 0.2) is 0 Å². The molecule has 0 aliphatic carbocycles. The summed E-state index contributed by atoms with van der Waals surface area (Å²) in [6.45, 7) is 2.95. The van der Waals surface area contributed by atoms with Crippen molar-refractivity contribution in [1.29, 1.82) is 0 Å². The zero-order valence-corrected chi connectivity index (χ0v) is 5.96. The van der Waals surface area contributed by atoms with Crippen molar-refractivity contribution in [2.75, 3.05) is 27.1 Å². The molecule has 0 amide bonds. The van der Waals surface area contributed by atoms with E-state index in [0.717, 1.165) is 0 Å². The van der Waals surface area contributed by atoms with Crippen LogP contribution in [0, 0.1) is 5.92 Å². The lowest BCUT2D eigenvalue weighted by molar-refractivity contribution is -0.0465. The molecule has 56 valence electrons. The zero-order chi connectivity index (χ0) is 7.11. The largest absolute Gasteiger partial charge is 0.396 e. The quantitative estimate of drug-likeness (QED) is 0.432. The molecule has 3 heteroatoms. The van der Waals surface area contributed by atoms with E-state index >= 15 is 0 Å². The van der Waals surface area contributed by atoms with Crippen LogP contribution in [0.1, 0.15) is 6.92 Å². The topological polar surface area (TPSA) is 38.7 Å². The molecule has 0 aromatic carbocycles. The second kappa shape index (κ2) is 6.01. The minimum absolute atomic E-state index is 0.170. The summed E-state index contributed by atoms with van der Waals surface area (Å²) < 4.78 is 9.59. The Morgan fingerprint density at radius 3 is 2.67 bits per heavy atom. The van der Waals surface area contributed by atoms with Crippen molar-refractivity contribution in [2.45, 2.75) is 6.92 Å². The first-order chi connectivity index (χ1) is 4.31. The van der Waals surface area contributed by atoms with E-state index in [0.29, 0.717) is 13.4 Å². The number of ether oxygens (including phenoxy) is 2. The van der Waals surface area contributed by atoms with Crippen LogP contribution in [0.15, 0.2) is 0 Å². The van der Waals surface area contributed by atoms with E-state index in [1.165, 1.54) is 0 Å². The van der Waals surface area contributed by atoms with Crippen molar-refractivity contribution >= 4 is 0 Å². The fourth-order valence-electron chi connectivity index (χ4n) is 0.385. The molecule has 0 radical (unpaired) electrons. The normalized spacial score (nSPS) is 13.7. The van der Waals surface area contributed by atoms with Gasteiger partial charge in [0.1, 0.15) is 6.79 Å². The van der Waals surface area contributed by atoms with Crippen LogP contribution in [-0.2, 0) is 9.47 Å². The van der Waals surface area contributed by atoms with Gasteiger partial charge in [-0.05, 0) is 0 Å². The van der Waals surface area contributed by atoms with E-state index in [1.807, 2.05) is 6.92 Å². The average molecular weight is 134 g/mol. The van der Waals surface area contributed by atoms with Gasteiger partial charge in [-0.25, -0.2) is 0 Å². The smallest absolute Gasteiger partial charge is 0.146 e. The molecule has 1 N–H and O–H groups in total. The monoisotopic (exact) mass is 134 g/mol. The van der Waals surface area contributed by atoms with Gasteiger partial charge in [0.25, 0.3) is 0 Å². The number of aliphatic hydroxyl groups is 1. The molecule has 0 spiro atoms. The number of rotatable bonds is 5. The van der Waals surface area contributed by atoms with Crippen molar-refractivity contribution in [3.05, 3.63) is 0 Å². The van der Waals surface area contributed by atoms with Crippen molar-refractivity contribution in [3.63, 3.8) is 0 Å². The Bertz CT molecular complexity index is 56.3. The summed E-state index contributed by atoms with van der Waals surface area (Å²) in [6, 6.07) is 0. The summed E-state index contributed by atoms with van der Waals surface area (Å²) in [5, 5.41) is 8.51. The van der Waals surface area contributed by atoms with Crippen molar-refractivity contribution in [2.24, 2.45) is 5.92 Å². The lowest BCUT2D eigenvalue weighted by atomic mass is 10.2. The third-order valence-corrected chi connectivity index (χ3v) is 0.915. The van der Waals surface area contributed by atoms with Crippen LogP contribution in [0.25, 0.3) is 0 Å². The summed E-state index contributed by atoms with van der Waals surface area (Å²) in [5.41, 5.74) is 0. The van der Waals surface area contributed by atoms with E-state index in [4.69, 9.17) is 9.84 Å². The Balaban J connectivity index is 2.88. The zero-order valence-electron chi connectivity index (χ0n) is 5.96. The molecule has 1 atom stereocenters. The van der Waals surface area contributed by atoms with Crippen molar-refractivity contribution < 1.29 is 14.6 Å². The molecule has 9 heavy (non-hydrogen) atoms. The van der Waals surface area contributed by atoms with Gasteiger partial charge in [-0.15, -0.1) is 0 Å². The molecule has 0 bridgehead atoms. The third kappa shape index (κ3) is 5.76. The number of aliphatic hydroxyl groups excluding tert-OH is 1. The molecular formula is C6H14O3. The van der Waals surface area contributed by atoms with Gasteiger partial charge in [-0.3, -0.25) is 0 Å². The minimum atomic E-state index is 0.170. The van der Waals surface area contributed by atoms with E-state index in [1.54, 1.807) is 7.11 Å². The Hall–Kier alpha value is -0.120. The number of hydrogen-bond acceptors (Lipinski definition) is 3. The predicted molar refractivity (Wildman–Crippen MR) is 34.1 cm³/mol. The fraction of sp³-hybridized carbons (Fsp3) is 1.00. The molecule has 0 aliphatic heterocycles. The average Bonchev–Trinajstić information content (AvgIpc) is 1.89. The number of hydrogen-bond donors (Lipinski definition) is 1. The van der Waals surface area contributed by atoms with Gasteiger partial charge in [-0.1, -0.05) is 6.92 Å². The molecular weight excluding hydrogens is 120 g/mol. The second-order valence-electron chi connectivity index (χ2n) is 2.07. The second-order valence-corrected chi connectivity index (χ2v) is 2.07. The Morgan fingerprint density at radius 2 is 2.22 bits per heavy atom. The van der Waals surface area contributed by atoms with Gasteiger partial charge >= 0.3 is 0 Å². The summed E-state index contributed by atoms with van der Waals surface area (Å²) in [4.78, 5) is 0. The highest BCUT2D eigenvalue weighted by Gasteiger charge is 1.97. The Morgan fingerprint density at radius 1 is 1.56 bits per heavy atom. The molecule has 0 rings (SSSR count). The molecule has 0 aromatic heterocycles. The summed E-state index contributed by atoms with van der Waals surface area (Å²) in [6.07, 6.45) is 0. The SMILES string of the molecule is COCOCC(C)CO. The molecule has 0 aliphatic rings. The maximum Gasteiger partial charge on any atom is 0.146 e. The van der Waals surface area contributed by atoms with Crippen molar-refractivity contribution in [3.8, 4) is 0 Å². The molecule has 0 heterocycles. The standard InChI is InChI=1S/C6H14O3/c1-6(3-7)4-9-5-8-2/h6-7H,3-5H2,1-2H3. The summed E-state index contributed by atoms with van der Waals surface area (Å²) in [5.74, 6) is 0.208. The highest BCUT2D eigenvalue weighted by molar-refractivity contribution is 4.44. The van der Waals surface area contributed by atoms with Crippen LogP contribution >= 0.6 is 0 Å². The van der Waals surface area contributed by atoms with E-state index in [-0.39, 0.29) is 12.5 Å². The van der Waals surface area contributed by atoms with E-state index in [2.05, 4.69) is 4.74 Å². The van der Waals surface area contributed by atoms with Crippen LogP contribution < -0.4 is 0 Å². The molecule has 0 aromatic rings. The molecule has 0 fully saturated rings. The first-order valence-corrected chi connectivity index (χ1v) is 2.98. The summed E-state index contributed by atoms with van der Waals surface area (Å²) >= 11 is 0. The Labute approximate surface area is 55.6 Å². The van der Waals surface area contributed by atoms with Crippen LogP contribution in [0.3, 0.4) is 0 Å². The summed E-state index contributed by atoms with van der Waals surface area (Å²) in [7, 11) is 1.57. The maximum atomic E-state index is 8.51. The van der Waals surface area contributed by atoms with Gasteiger partial charge < -0.3 is 14.6 Å². The molecule has 3 nitrogen and oxygen atoms in total. The van der Waals surface area contributed by atoms with Crippen LogP contribution in [-0.4, -0.2) is 32.2 Å². The van der Waals surface area contributed by atoms with Gasteiger partial charge in [0.05, 0.1) is 6.61 Å². The highest BCUT2D eigenvalue weighted by Crippen LogP contribution is 1.92. The van der Waals surface area contributed by atoms with Gasteiger partial charge in [0, 0.05) is 19.6 Å². The minimum Gasteiger partial charge on any atom is -0.396 e. The Kier molecular flexibility index (Phi) is 5.93. The molecule has 0 saturated carbocycles. The first kappa shape index (κ1) is 8.88. The maximum absolute atomic E-state index is 8.51. The fourth-order valence-corrected chi connectivity index (χ4v) is 0.385. The van der Waals surface area contributed by atoms with Crippen LogP contribution in [0.2, 0.25) is 0 Å². The third-order valence-electron chi connectivity index (χ3n) is 0.915. The first-order valence-electron chi connectivity index (χ1n) is 2.98. The van der Waals surface area contributed by atoms with Gasteiger partial charge in [-0.2, -0.15) is 0 Å². The lowest BCUT2D eigenvalue weighted by Crippen LogP contribution is -2.10. The predicted octanol–water partition coefficient (Wildman–Crippen LogP) is 0.235. The van der Waals surface area contributed by atoms with Crippen molar-refractivity contribution in [1.82, 2.24) is 0 Å². The van der Waals surface area contributed by atoms with E-state index < -0.39 is 0 Å². The van der Waals surface area contributed by atoms with Crippen LogP contribution in [0.5, 0.6) is 0 Å². The highest BCUT2D eigenvalue weighted by atomic mass is 16.7. The number of methoxy groups -OCH3 is 1.